The number of carbonyl (C=O) groups excluding carboxylic acids is 2. The molecule has 1 saturated heterocycles. The Kier molecular flexibility index (Phi) is 5.53. The molecule has 1 fully saturated rings. The number of carbonyl (C=O) groups is 2. The number of amides is 2. The molecule has 1 aromatic carbocycles. The maximum Gasteiger partial charge on any atom is 0.247 e. The summed E-state index contributed by atoms with van der Waals surface area (Å²) >= 11 is 1.44. The van der Waals surface area contributed by atoms with Crippen LogP contribution >= 0.6 is 11.8 Å². The minimum Gasteiger partial charge on any atom is -0.274 e. The first kappa shape index (κ1) is 19.1. The van der Waals surface area contributed by atoms with Gasteiger partial charge in [-0.05, 0) is 35.8 Å². The van der Waals surface area contributed by atoms with Crippen LogP contribution in [0.1, 0.15) is 46.1 Å². The summed E-state index contributed by atoms with van der Waals surface area (Å²) in [7, 11) is 2.24. The molecule has 1 heterocycles. The number of imide groups is 1. The van der Waals surface area contributed by atoms with E-state index >= 15 is 0 Å². The molecule has 24 heavy (non-hydrogen) atoms. The second-order valence-corrected chi connectivity index (χ2v) is 8.92. The van der Waals surface area contributed by atoms with Crippen LogP contribution in [-0.2, 0) is 15.0 Å². The number of thioether (sulfide) groups is 1. The number of hydrogen-bond donors (Lipinski definition) is 0. The normalized spacial score (nSPS) is 19.1. The molecule has 2 amide bonds. The van der Waals surface area contributed by atoms with Crippen LogP contribution < -0.4 is 4.90 Å². The molecule has 0 saturated carbocycles. The summed E-state index contributed by atoms with van der Waals surface area (Å²) in [5.41, 5.74) is 1.93. The molecule has 1 atom stereocenters. The smallest absolute Gasteiger partial charge is 0.247 e. The molecule has 129 valence electrons. The zero-order valence-corrected chi connectivity index (χ0v) is 16.4. The molecule has 0 bridgehead atoms. The topological polar surface area (TPSA) is 37.4 Å². The highest BCUT2D eigenvalue weighted by Gasteiger charge is 2.39. The van der Waals surface area contributed by atoms with Gasteiger partial charge in [-0.1, -0.05) is 52.0 Å². The van der Waals surface area contributed by atoms with Gasteiger partial charge in [0.05, 0.1) is 10.9 Å². The zero-order chi connectivity index (χ0) is 18.1. The van der Waals surface area contributed by atoms with Gasteiger partial charge in [-0.3, -0.25) is 9.59 Å². The molecule has 0 aliphatic carbocycles. The van der Waals surface area contributed by atoms with Crippen LogP contribution in [0.2, 0.25) is 12.1 Å². The van der Waals surface area contributed by atoms with Gasteiger partial charge in [0.25, 0.3) is 0 Å². The Balaban J connectivity index is 2.22. The van der Waals surface area contributed by atoms with Crippen LogP contribution in [0, 0.1) is 0 Å². The summed E-state index contributed by atoms with van der Waals surface area (Å²) in [6, 6.07) is 7.90. The van der Waals surface area contributed by atoms with Crippen LogP contribution in [0.3, 0.4) is 0 Å². The van der Waals surface area contributed by atoms with Crippen molar-refractivity contribution >= 4 is 36.5 Å². The summed E-state index contributed by atoms with van der Waals surface area (Å²) in [6.45, 7) is 11.1. The lowest BCUT2D eigenvalue weighted by atomic mass is 9.51. The van der Waals surface area contributed by atoms with E-state index in [4.69, 9.17) is 0 Å². The van der Waals surface area contributed by atoms with E-state index in [9.17, 15) is 9.59 Å². The van der Waals surface area contributed by atoms with Crippen molar-refractivity contribution in [3.63, 3.8) is 0 Å². The maximum atomic E-state index is 12.3. The molecule has 3 nitrogen and oxygen atoms in total. The standard InChI is InChI=1S/C19H27BNO2S/c1-18(2,12-19(3,4)20-5)13-7-9-14(10-8-13)21-16(22)11-15(24-6)17(21)23/h7-10,15H,11-12H2,1-6H3. The second-order valence-electron chi connectivity index (χ2n) is 7.88. The van der Waals surface area contributed by atoms with E-state index in [-0.39, 0.29) is 27.8 Å². The minimum absolute atomic E-state index is 0.0232. The fourth-order valence-electron chi connectivity index (χ4n) is 3.46. The van der Waals surface area contributed by atoms with E-state index in [2.05, 4.69) is 41.8 Å². The molecule has 2 rings (SSSR count). The first-order valence-corrected chi connectivity index (χ1v) is 9.71. The van der Waals surface area contributed by atoms with Crippen molar-refractivity contribution in [2.24, 2.45) is 0 Å². The molecule has 1 aromatic rings. The van der Waals surface area contributed by atoms with Crippen LogP contribution in [-0.4, -0.2) is 30.6 Å². The van der Waals surface area contributed by atoms with Gasteiger partial charge in [0.15, 0.2) is 0 Å². The highest BCUT2D eigenvalue weighted by molar-refractivity contribution is 8.00. The Bertz CT molecular complexity index is 625. The van der Waals surface area contributed by atoms with Crippen LogP contribution in [0.4, 0.5) is 5.69 Å². The van der Waals surface area contributed by atoms with E-state index in [0.29, 0.717) is 12.1 Å². The van der Waals surface area contributed by atoms with Crippen molar-refractivity contribution in [2.75, 3.05) is 11.2 Å². The highest BCUT2D eigenvalue weighted by atomic mass is 32.2. The van der Waals surface area contributed by atoms with Gasteiger partial charge in [0, 0.05) is 6.42 Å². The first-order chi connectivity index (χ1) is 11.1. The Morgan fingerprint density at radius 2 is 1.75 bits per heavy atom. The van der Waals surface area contributed by atoms with Gasteiger partial charge in [-0.25, -0.2) is 4.90 Å². The van der Waals surface area contributed by atoms with Crippen LogP contribution in [0.25, 0.3) is 0 Å². The third-order valence-electron chi connectivity index (χ3n) is 4.98. The average molecular weight is 344 g/mol. The fraction of sp³-hybridized carbons (Fsp3) is 0.579. The second kappa shape index (κ2) is 6.95. The molecule has 1 radical (unpaired) electrons. The largest absolute Gasteiger partial charge is 0.274 e. The van der Waals surface area contributed by atoms with Crippen molar-refractivity contribution in [3.05, 3.63) is 29.8 Å². The lowest BCUT2D eigenvalue weighted by Gasteiger charge is -2.35. The van der Waals surface area contributed by atoms with Gasteiger partial charge in [-0.15, -0.1) is 0 Å². The van der Waals surface area contributed by atoms with Crippen LogP contribution in [0.5, 0.6) is 0 Å². The Morgan fingerprint density at radius 1 is 1.17 bits per heavy atom. The molecule has 0 aromatic heterocycles. The molecule has 1 aliphatic heterocycles. The predicted molar refractivity (Wildman–Crippen MR) is 104 cm³/mol. The van der Waals surface area contributed by atoms with Gasteiger partial charge in [0.2, 0.25) is 11.8 Å². The maximum absolute atomic E-state index is 12.3. The van der Waals surface area contributed by atoms with E-state index < -0.39 is 0 Å². The van der Waals surface area contributed by atoms with Crippen molar-refractivity contribution in [3.8, 4) is 0 Å². The van der Waals surface area contributed by atoms with Gasteiger partial charge >= 0.3 is 0 Å². The van der Waals surface area contributed by atoms with Gasteiger partial charge < -0.3 is 0 Å². The lowest BCUT2D eigenvalue weighted by molar-refractivity contribution is -0.121. The first-order valence-electron chi connectivity index (χ1n) is 8.42. The molecule has 0 N–H and O–H groups in total. The lowest BCUT2D eigenvalue weighted by Crippen LogP contribution is -2.31. The summed E-state index contributed by atoms with van der Waals surface area (Å²) < 4.78 is 0. The van der Waals surface area contributed by atoms with Crippen molar-refractivity contribution < 1.29 is 9.59 Å². The number of hydrogen-bond acceptors (Lipinski definition) is 3. The number of anilines is 1. The number of rotatable bonds is 6. The summed E-state index contributed by atoms with van der Waals surface area (Å²) in [5.74, 6) is -0.200. The SMILES string of the molecule is C[B]C(C)(C)CC(C)(C)c1ccc(N2C(=O)CC(SC)C2=O)cc1. The van der Waals surface area contributed by atoms with E-state index in [0.717, 1.165) is 6.42 Å². The van der Waals surface area contributed by atoms with E-state index in [1.54, 1.807) is 0 Å². The monoisotopic (exact) mass is 344 g/mol. The predicted octanol–water partition coefficient (Wildman–Crippen LogP) is 4.30. The Labute approximate surface area is 150 Å². The summed E-state index contributed by atoms with van der Waals surface area (Å²) in [4.78, 5) is 25.8. The van der Waals surface area contributed by atoms with E-state index in [1.165, 1.54) is 22.2 Å². The summed E-state index contributed by atoms with van der Waals surface area (Å²) in [5, 5.41) is -0.0799. The molecule has 5 heteroatoms. The van der Waals surface area contributed by atoms with Crippen molar-refractivity contribution in [1.29, 1.82) is 0 Å². The third kappa shape index (κ3) is 3.88. The molecular weight excluding hydrogens is 317 g/mol. The fourth-order valence-corrected chi connectivity index (χ4v) is 4.08. The molecule has 1 aliphatic rings. The van der Waals surface area contributed by atoms with Crippen LogP contribution in [0.15, 0.2) is 24.3 Å². The average Bonchev–Trinajstić information content (AvgIpc) is 2.80. The van der Waals surface area contributed by atoms with Gasteiger partial charge in [0.1, 0.15) is 7.28 Å². The third-order valence-corrected chi connectivity index (χ3v) is 5.91. The molecule has 1 unspecified atom stereocenters. The van der Waals surface area contributed by atoms with Crippen molar-refractivity contribution in [1.82, 2.24) is 0 Å². The highest BCUT2D eigenvalue weighted by Crippen LogP contribution is 2.41. The van der Waals surface area contributed by atoms with Gasteiger partial charge in [-0.2, -0.15) is 11.8 Å². The zero-order valence-electron chi connectivity index (χ0n) is 15.6. The minimum atomic E-state index is -0.241. The number of nitrogens with zero attached hydrogens (tertiary/aromatic N) is 1. The number of benzene rings is 1. The molecular formula is C19H27BNO2S. The quantitative estimate of drug-likeness (QED) is 0.570. The summed E-state index contributed by atoms with van der Waals surface area (Å²) in [6.07, 6.45) is 3.21. The van der Waals surface area contributed by atoms with Crippen molar-refractivity contribution in [2.45, 2.75) is 63.3 Å². The molecule has 0 spiro atoms. The Morgan fingerprint density at radius 3 is 2.21 bits per heavy atom. The van der Waals surface area contributed by atoms with E-state index in [1.807, 2.05) is 30.5 Å². The Hall–Kier alpha value is -1.23.